The molecule has 0 fully saturated rings. The van der Waals surface area contributed by atoms with Crippen molar-refractivity contribution in [3.05, 3.63) is 64.2 Å². The number of hydrogen-bond donors (Lipinski definition) is 1. The van der Waals surface area contributed by atoms with E-state index in [1.807, 2.05) is 50.2 Å². The third-order valence-electron chi connectivity index (χ3n) is 3.79. The van der Waals surface area contributed by atoms with Gasteiger partial charge in [-0.1, -0.05) is 35.9 Å². The van der Waals surface area contributed by atoms with Crippen molar-refractivity contribution in [3.63, 3.8) is 0 Å². The molecule has 2 aromatic rings. The number of nitrogen functional groups attached to an aromatic ring is 1. The van der Waals surface area contributed by atoms with Crippen LogP contribution in [-0.4, -0.2) is 17.9 Å². The third kappa shape index (κ3) is 3.19. The van der Waals surface area contributed by atoms with Crippen molar-refractivity contribution in [2.24, 2.45) is 0 Å². The Morgan fingerprint density at radius 1 is 1.24 bits per heavy atom. The summed E-state index contributed by atoms with van der Waals surface area (Å²) in [6, 6.07) is 12.9. The third-order valence-corrected chi connectivity index (χ3v) is 4.02. The summed E-state index contributed by atoms with van der Waals surface area (Å²) in [5.41, 5.74) is 8.98. The lowest BCUT2D eigenvalue weighted by Gasteiger charge is -2.26. The van der Waals surface area contributed by atoms with Crippen LogP contribution in [0.2, 0.25) is 5.02 Å². The molecule has 1 atom stereocenters. The summed E-state index contributed by atoms with van der Waals surface area (Å²) in [5.74, 6) is -0.0938. The van der Waals surface area contributed by atoms with Gasteiger partial charge in [0.25, 0.3) is 5.91 Å². The number of nitrogens with two attached hydrogens (primary N) is 1. The summed E-state index contributed by atoms with van der Waals surface area (Å²) >= 11 is 6.01. The van der Waals surface area contributed by atoms with Gasteiger partial charge in [-0.15, -0.1) is 0 Å². The number of nitrogens with zero attached hydrogens (tertiary/aromatic N) is 1. The first-order valence-electron chi connectivity index (χ1n) is 6.79. The van der Waals surface area contributed by atoms with Crippen molar-refractivity contribution in [1.29, 1.82) is 0 Å². The molecule has 1 unspecified atom stereocenters. The molecule has 0 aliphatic carbocycles. The van der Waals surface area contributed by atoms with E-state index in [9.17, 15) is 4.79 Å². The highest BCUT2D eigenvalue weighted by atomic mass is 35.5. The molecular formula is C17H19ClN2O. The molecule has 0 bridgehead atoms. The molecule has 1 amide bonds. The summed E-state index contributed by atoms with van der Waals surface area (Å²) in [4.78, 5) is 14.3. The van der Waals surface area contributed by atoms with Gasteiger partial charge in [-0.2, -0.15) is 0 Å². The van der Waals surface area contributed by atoms with Gasteiger partial charge in [-0.3, -0.25) is 4.79 Å². The van der Waals surface area contributed by atoms with Crippen molar-refractivity contribution < 1.29 is 4.79 Å². The molecule has 0 radical (unpaired) electrons. The van der Waals surface area contributed by atoms with Crippen LogP contribution in [0.15, 0.2) is 42.5 Å². The Balaban J connectivity index is 2.29. The first-order valence-corrected chi connectivity index (χ1v) is 7.17. The summed E-state index contributed by atoms with van der Waals surface area (Å²) in [5, 5.41) is 0.662. The van der Waals surface area contributed by atoms with Crippen LogP contribution in [-0.2, 0) is 0 Å². The van der Waals surface area contributed by atoms with E-state index in [2.05, 4.69) is 0 Å². The molecule has 3 nitrogen and oxygen atoms in total. The molecule has 0 aliphatic rings. The molecule has 0 aliphatic heterocycles. The average Bonchev–Trinajstić information content (AvgIpc) is 2.48. The van der Waals surface area contributed by atoms with E-state index in [0.717, 1.165) is 11.1 Å². The highest BCUT2D eigenvalue weighted by Gasteiger charge is 2.21. The number of hydrogen-bond acceptors (Lipinski definition) is 2. The molecule has 2 rings (SSSR count). The fourth-order valence-electron chi connectivity index (χ4n) is 2.22. The topological polar surface area (TPSA) is 46.3 Å². The van der Waals surface area contributed by atoms with Gasteiger partial charge in [0, 0.05) is 17.8 Å². The van der Waals surface area contributed by atoms with Crippen LogP contribution in [0, 0.1) is 6.92 Å². The molecule has 2 N–H and O–H groups in total. The second-order valence-electron chi connectivity index (χ2n) is 5.18. The fraction of sp³-hybridized carbons (Fsp3) is 0.235. The molecule has 0 spiro atoms. The number of para-hydroxylation sites is 1. The van der Waals surface area contributed by atoms with Gasteiger partial charge < -0.3 is 10.6 Å². The predicted octanol–water partition coefficient (Wildman–Crippen LogP) is 4.06. The number of rotatable bonds is 3. The lowest BCUT2D eigenvalue weighted by molar-refractivity contribution is 0.0743. The molecular weight excluding hydrogens is 284 g/mol. The summed E-state index contributed by atoms with van der Waals surface area (Å²) in [6.07, 6.45) is 0. The molecule has 0 saturated heterocycles. The van der Waals surface area contributed by atoms with Crippen LogP contribution >= 0.6 is 11.6 Å². The molecule has 0 saturated carbocycles. The van der Waals surface area contributed by atoms with Gasteiger partial charge in [0.15, 0.2) is 0 Å². The Kier molecular flexibility index (Phi) is 4.53. The van der Waals surface area contributed by atoms with Gasteiger partial charge in [-0.05, 0) is 43.2 Å². The first kappa shape index (κ1) is 15.4. The van der Waals surface area contributed by atoms with Crippen LogP contribution in [0.4, 0.5) is 5.69 Å². The van der Waals surface area contributed by atoms with E-state index in [4.69, 9.17) is 17.3 Å². The smallest absolute Gasteiger partial charge is 0.256 e. The summed E-state index contributed by atoms with van der Waals surface area (Å²) in [7, 11) is 1.77. The zero-order valence-corrected chi connectivity index (χ0v) is 13.2. The second kappa shape index (κ2) is 6.19. The molecule has 0 aromatic heterocycles. The zero-order chi connectivity index (χ0) is 15.6. The van der Waals surface area contributed by atoms with E-state index >= 15 is 0 Å². The Hall–Kier alpha value is -2.00. The minimum Gasteiger partial charge on any atom is -0.398 e. The van der Waals surface area contributed by atoms with Crippen LogP contribution in [0.1, 0.15) is 34.5 Å². The van der Waals surface area contributed by atoms with Gasteiger partial charge in [-0.25, -0.2) is 0 Å². The lowest BCUT2D eigenvalue weighted by atomic mass is 10.0. The van der Waals surface area contributed by atoms with Crippen LogP contribution in [0.3, 0.4) is 0 Å². The van der Waals surface area contributed by atoms with Crippen LogP contribution in [0.25, 0.3) is 0 Å². The van der Waals surface area contributed by atoms with E-state index in [-0.39, 0.29) is 11.9 Å². The molecule has 21 heavy (non-hydrogen) atoms. The number of carbonyl (C=O) groups excluding carboxylic acids is 1. The largest absolute Gasteiger partial charge is 0.398 e. The maximum Gasteiger partial charge on any atom is 0.256 e. The number of anilines is 1. The van der Waals surface area contributed by atoms with E-state index < -0.39 is 0 Å². The molecule has 4 heteroatoms. The maximum absolute atomic E-state index is 12.6. The fourth-order valence-corrected chi connectivity index (χ4v) is 2.42. The quantitative estimate of drug-likeness (QED) is 0.869. The number of amides is 1. The number of aryl methyl sites for hydroxylation is 1. The Labute approximate surface area is 130 Å². The molecule has 0 heterocycles. The van der Waals surface area contributed by atoms with Gasteiger partial charge in [0.05, 0.1) is 11.6 Å². The van der Waals surface area contributed by atoms with Crippen molar-refractivity contribution in [2.45, 2.75) is 19.9 Å². The van der Waals surface area contributed by atoms with Crippen LogP contribution < -0.4 is 5.73 Å². The standard InChI is InChI=1S/C17H19ClN2O/c1-11-6-4-9-15(16(11)19)17(21)20(3)12(2)13-7-5-8-14(18)10-13/h4-10,12H,19H2,1-3H3. The highest BCUT2D eigenvalue weighted by Crippen LogP contribution is 2.25. The second-order valence-corrected chi connectivity index (χ2v) is 5.62. The van der Waals surface area contributed by atoms with Gasteiger partial charge >= 0.3 is 0 Å². The monoisotopic (exact) mass is 302 g/mol. The number of carbonyl (C=O) groups is 1. The summed E-state index contributed by atoms with van der Waals surface area (Å²) < 4.78 is 0. The SMILES string of the molecule is Cc1cccc(C(=O)N(C)C(C)c2cccc(Cl)c2)c1N. The van der Waals surface area contributed by atoms with E-state index in [0.29, 0.717) is 16.3 Å². The zero-order valence-electron chi connectivity index (χ0n) is 12.4. The van der Waals surface area contributed by atoms with Crippen molar-refractivity contribution in [3.8, 4) is 0 Å². The minimum atomic E-state index is -0.0938. The Morgan fingerprint density at radius 3 is 2.57 bits per heavy atom. The maximum atomic E-state index is 12.6. The predicted molar refractivity (Wildman–Crippen MR) is 87.6 cm³/mol. The van der Waals surface area contributed by atoms with Crippen LogP contribution in [0.5, 0.6) is 0 Å². The van der Waals surface area contributed by atoms with E-state index in [1.54, 1.807) is 18.0 Å². The van der Waals surface area contributed by atoms with E-state index in [1.165, 1.54) is 0 Å². The summed E-state index contributed by atoms with van der Waals surface area (Å²) in [6.45, 7) is 3.86. The van der Waals surface area contributed by atoms with Crippen molar-refractivity contribution in [1.82, 2.24) is 4.90 Å². The Morgan fingerprint density at radius 2 is 1.90 bits per heavy atom. The van der Waals surface area contributed by atoms with Crippen molar-refractivity contribution in [2.75, 3.05) is 12.8 Å². The molecule has 110 valence electrons. The number of benzene rings is 2. The van der Waals surface area contributed by atoms with Crippen molar-refractivity contribution >= 4 is 23.2 Å². The first-order chi connectivity index (χ1) is 9.91. The van der Waals surface area contributed by atoms with Gasteiger partial charge in [0.1, 0.15) is 0 Å². The average molecular weight is 303 g/mol. The van der Waals surface area contributed by atoms with Gasteiger partial charge in [0.2, 0.25) is 0 Å². The Bertz CT molecular complexity index is 670. The highest BCUT2D eigenvalue weighted by molar-refractivity contribution is 6.30. The normalized spacial score (nSPS) is 12.0. The minimum absolute atomic E-state index is 0.0869. The lowest BCUT2D eigenvalue weighted by Crippen LogP contribution is -2.30. The number of halogens is 1. The molecule has 2 aromatic carbocycles.